The molecule has 6 aliphatic rings. The Labute approximate surface area is 213 Å². The Balaban J connectivity index is 1.43. The molecule has 0 saturated heterocycles. The van der Waals surface area contributed by atoms with Crippen LogP contribution in [-0.4, -0.2) is 23.3 Å². The first-order chi connectivity index (χ1) is 16.2. The van der Waals surface area contributed by atoms with Crippen LogP contribution < -0.4 is 0 Å². The summed E-state index contributed by atoms with van der Waals surface area (Å²) in [6.07, 6.45) is 14.4. The van der Waals surface area contributed by atoms with Crippen molar-refractivity contribution in [3.63, 3.8) is 0 Å². The molecule has 0 amide bonds. The van der Waals surface area contributed by atoms with Crippen LogP contribution in [0.15, 0.2) is 12.2 Å². The number of hydrogen-bond donors (Lipinski definition) is 1. The zero-order chi connectivity index (χ0) is 25.4. The van der Waals surface area contributed by atoms with Crippen LogP contribution in [0.25, 0.3) is 0 Å². The number of esters is 1. The zero-order valence-electron chi connectivity index (χ0n) is 23.6. The van der Waals surface area contributed by atoms with Gasteiger partial charge in [-0.2, -0.15) is 0 Å². The van der Waals surface area contributed by atoms with E-state index in [-0.39, 0.29) is 50.7 Å². The molecule has 0 bridgehead atoms. The molecule has 196 valence electrons. The monoisotopic (exact) mass is 482 g/mol. The summed E-state index contributed by atoms with van der Waals surface area (Å²) in [6.45, 7) is 18.9. The van der Waals surface area contributed by atoms with Crippen molar-refractivity contribution in [2.75, 3.05) is 0 Å². The predicted molar refractivity (Wildman–Crippen MR) is 139 cm³/mol. The van der Waals surface area contributed by atoms with Crippen molar-refractivity contribution in [3.05, 3.63) is 12.2 Å². The molecular formula is C32H50O3. The third kappa shape index (κ3) is 2.66. The first kappa shape index (κ1) is 24.5. The molecule has 6 aliphatic carbocycles. The molecule has 0 aromatic heterocycles. The van der Waals surface area contributed by atoms with Crippen molar-refractivity contribution in [3.8, 4) is 0 Å². The van der Waals surface area contributed by atoms with Crippen LogP contribution in [0.1, 0.15) is 107 Å². The minimum Gasteiger partial charge on any atom is -0.462 e. The average molecular weight is 483 g/mol. The SMILES string of the molecule is CC(=O)OC1CCC2(C)C(CCC3(C)C2C=CC24CC32C(O)CC2(C)CCC(C)C(C)C24)C1(C)C. The van der Waals surface area contributed by atoms with E-state index in [9.17, 15) is 9.90 Å². The molecule has 12 atom stereocenters. The largest absolute Gasteiger partial charge is 0.462 e. The molecule has 5 fully saturated rings. The third-order valence-electron chi connectivity index (χ3n) is 14.1. The fourth-order valence-corrected chi connectivity index (χ4v) is 12.6. The maximum absolute atomic E-state index is 12.1. The lowest BCUT2D eigenvalue weighted by Gasteiger charge is -2.69. The summed E-state index contributed by atoms with van der Waals surface area (Å²) in [5.74, 6) is 3.06. The van der Waals surface area contributed by atoms with E-state index < -0.39 is 0 Å². The molecule has 0 aromatic rings. The van der Waals surface area contributed by atoms with E-state index in [1.54, 1.807) is 6.92 Å². The van der Waals surface area contributed by atoms with Crippen LogP contribution in [0.5, 0.6) is 0 Å². The van der Waals surface area contributed by atoms with E-state index >= 15 is 0 Å². The molecule has 0 radical (unpaired) electrons. The van der Waals surface area contributed by atoms with Gasteiger partial charge in [-0.25, -0.2) is 0 Å². The van der Waals surface area contributed by atoms with Gasteiger partial charge in [0.05, 0.1) is 6.10 Å². The zero-order valence-corrected chi connectivity index (χ0v) is 23.6. The highest BCUT2D eigenvalue weighted by atomic mass is 16.5. The van der Waals surface area contributed by atoms with E-state index in [4.69, 9.17) is 4.74 Å². The van der Waals surface area contributed by atoms with Crippen molar-refractivity contribution >= 4 is 5.97 Å². The molecule has 35 heavy (non-hydrogen) atoms. The minimum absolute atomic E-state index is 0.0127. The number of hydrogen-bond acceptors (Lipinski definition) is 3. The fraction of sp³-hybridized carbons (Fsp3) is 0.906. The molecule has 0 spiro atoms. The summed E-state index contributed by atoms with van der Waals surface area (Å²) in [5, 5.41) is 12.1. The summed E-state index contributed by atoms with van der Waals surface area (Å²) in [7, 11) is 0. The summed E-state index contributed by atoms with van der Waals surface area (Å²) in [6, 6.07) is 0. The summed E-state index contributed by atoms with van der Waals surface area (Å²) in [4.78, 5) is 11.9. The number of allylic oxidation sites excluding steroid dienone is 2. The molecule has 1 N–H and O–H groups in total. The Morgan fingerprint density at radius 3 is 2.40 bits per heavy atom. The van der Waals surface area contributed by atoms with Gasteiger partial charge in [0.25, 0.3) is 0 Å². The van der Waals surface area contributed by atoms with Crippen LogP contribution >= 0.6 is 0 Å². The third-order valence-corrected chi connectivity index (χ3v) is 14.1. The Morgan fingerprint density at radius 1 is 1.00 bits per heavy atom. The normalized spacial score (nSPS) is 59.7. The lowest BCUT2D eigenvalue weighted by atomic mass is 9.36. The maximum Gasteiger partial charge on any atom is 0.302 e. The second-order valence-electron chi connectivity index (χ2n) is 15.7. The smallest absolute Gasteiger partial charge is 0.302 e. The number of carbonyl (C=O) groups excluding carboxylic acids is 1. The van der Waals surface area contributed by atoms with Crippen LogP contribution in [-0.2, 0) is 9.53 Å². The van der Waals surface area contributed by atoms with Crippen LogP contribution in [0.4, 0.5) is 0 Å². The Bertz CT molecular complexity index is 968. The Hall–Kier alpha value is -0.830. The van der Waals surface area contributed by atoms with E-state index in [2.05, 4.69) is 60.6 Å². The van der Waals surface area contributed by atoms with Gasteiger partial charge in [0, 0.05) is 23.2 Å². The van der Waals surface area contributed by atoms with Crippen LogP contribution in [0.3, 0.4) is 0 Å². The quantitative estimate of drug-likeness (QED) is 0.318. The lowest BCUT2D eigenvalue weighted by Crippen LogP contribution is -2.65. The van der Waals surface area contributed by atoms with Crippen LogP contribution in [0, 0.1) is 62.1 Å². The van der Waals surface area contributed by atoms with Gasteiger partial charge < -0.3 is 9.84 Å². The second-order valence-corrected chi connectivity index (χ2v) is 15.7. The second kappa shape index (κ2) is 6.97. The first-order valence-electron chi connectivity index (χ1n) is 14.7. The number of ether oxygens (including phenoxy) is 1. The Kier molecular flexibility index (Phi) is 4.88. The topological polar surface area (TPSA) is 46.5 Å². The van der Waals surface area contributed by atoms with Gasteiger partial charge in [0.1, 0.15) is 6.10 Å². The minimum atomic E-state index is -0.188. The van der Waals surface area contributed by atoms with Crippen molar-refractivity contribution in [1.82, 2.24) is 0 Å². The molecule has 0 heterocycles. The van der Waals surface area contributed by atoms with E-state index in [1.807, 2.05) is 0 Å². The van der Waals surface area contributed by atoms with Gasteiger partial charge in [-0.15, -0.1) is 0 Å². The Morgan fingerprint density at radius 2 is 1.71 bits per heavy atom. The number of carbonyl (C=O) groups is 1. The summed E-state index contributed by atoms with van der Waals surface area (Å²) in [5.41, 5.74) is 0.786. The highest BCUT2D eigenvalue weighted by Crippen LogP contribution is 2.89. The van der Waals surface area contributed by atoms with E-state index in [0.29, 0.717) is 17.8 Å². The molecule has 0 aromatic carbocycles. The van der Waals surface area contributed by atoms with Gasteiger partial charge >= 0.3 is 5.97 Å². The average Bonchev–Trinajstić information content (AvgIpc) is 3.46. The van der Waals surface area contributed by atoms with Gasteiger partial charge in [0.2, 0.25) is 0 Å². The summed E-state index contributed by atoms with van der Waals surface area (Å²) < 4.78 is 5.89. The standard InChI is InChI=1S/C32H50O3/c1-19-9-13-28(6)17-24(34)32-18-31(32,26(28)20(19)2)16-11-23-29(7)14-12-25(35-21(3)33)27(4,5)22(29)10-15-30(23,32)8/h11,16,19-20,22-26,34H,9-10,12-15,17-18H2,1-8H3. The highest BCUT2D eigenvalue weighted by Gasteiger charge is 2.86. The molecule has 3 nitrogen and oxygen atoms in total. The van der Waals surface area contributed by atoms with Crippen molar-refractivity contribution in [1.29, 1.82) is 0 Å². The fourth-order valence-electron chi connectivity index (χ4n) is 12.6. The lowest BCUT2D eigenvalue weighted by molar-refractivity contribution is -0.220. The van der Waals surface area contributed by atoms with Gasteiger partial charge in [-0.05, 0) is 97.2 Å². The van der Waals surface area contributed by atoms with Crippen molar-refractivity contribution in [2.24, 2.45) is 62.1 Å². The number of fused-ring (bicyclic) bond motifs is 4. The molecule has 5 saturated carbocycles. The van der Waals surface area contributed by atoms with Gasteiger partial charge in [0.15, 0.2) is 0 Å². The van der Waals surface area contributed by atoms with Crippen molar-refractivity contribution in [2.45, 2.75) is 119 Å². The molecular weight excluding hydrogens is 432 g/mol. The van der Waals surface area contributed by atoms with E-state index in [0.717, 1.165) is 31.1 Å². The highest BCUT2D eigenvalue weighted by molar-refractivity contribution is 5.66. The van der Waals surface area contributed by atoms with E-state index in [1.165, 1.54) is 32.1 Å². The number of aliphatic hydroxyl groups is 1. The molecule has 0 aliphatic heterocycles. The van der Waals surface area contributed by atoms with Gasteiger partial charge in [-0.3, -0.25) is 4.79 Å². The summed E-state index contributed by atoms with van der Waals surface area (Å²) >= 11 is 0. The molecule has 12 unspecified atom stereocenters. The van der Waals surface area contributed by atoms with Crippen molar-refractivity contribution < 1.29 is 14.6 Å². The predicted octanol–water partition coefficient (Wildman–Crippen LogP) is 7.18. The molecule has 3 heteroatoms. The van der Waals surface area contributed by atoms with Crippen LogP contribution in [0.2, 0.25) is 0 Å². The van der Waals surface area contributed by atoms with Gasteiger partial charge in [-0.1, -0.05) is 60.6 Å². The maximum atomic E-state index is 12.1. The number of rotatable bonds is 1. The first-order valence-corrected chi connectivity index (χ1v) is 14.7. The molecule has 6 rings (SSSR count). The number of aliphatic hydroxyl groups excluding tert-OH is 1.